The number of nitrogens with zero attached hydrogens (tertiary/aromatic N) is 3. The van der Waals surface area contributed by atoms with Gasteiger partial charge < -0.3 is 9.84 Å². The van der Waals surface area contributed by atoms with Gasteiger partial charge >= 0.3 is 0 Å². The fourth-order valence-corrected chi connectivity index (χ4v) is 4.69. The molecule has 5 nitrogen and oxygen atoms in total. The van der Waals surface area contributed by atoms with Gasteiger partial charge in [0.15, 0.2) is 0 Å². The van der Waals surface area contributed by atoms with Gasteiger partial charge in [-0.1, -0.05) is 75.4 Å². The van der Waals surface area contributed by atoms with E-state index in [0.29, 0.717) is 23.0 Å². The third-order valence-corrected chi connectivity index (χ3v) is 6.59. The summed E-state index contributed by atoms with van der Waals surface area (Å²) in [4.78, 5) is 9.51. The molecule has 0 aliphatic heterocycles. The molecule has 0 radical (unpaired) electrons. The highest BCUT2D eigenvalue weighted by atomic mass is 16.5. The lowest BCUT2D eigenvalue weighted by Crippen LogP contribution is -2.10. The van der Waals surface area contributed by atoms with Crippen molar-refractivity contribution in [3.63, 3.8) is 0 Å². The number of para-hydroxylation sites is 2. The van der Waals surface area contributed by atoms with Crippen molar-refractivity contribution < 1.29 is 9.84 Å². The summed E-state index contributed by atoms with van der Waals surface area (Å²) in [5, 5.41) is 12.9. The number of rotatable bonds is 4. The molecule has 6 rings (SSSR count). The van der Waals surface area contributed by atoms with Gasteiger partial charge in [-0.15, -0.1) is 0 Å². The van der Waals surface area contributed by atoms with Gasteiger partial charge in [-0.25, -0.2) is 4.98 Å². The number of hydrogen-bond donors (Lipinski definition) is 1. The van der Waals surface area contributed by atoms with Gasteiger partial charge in [0.2, 0.25) is 11.8 Å². The molecule has 0 fully saturated rings. The Morgan fingerprint density at radius 1 is 0.676 bits per heavy atom. The van der Waals surface area contributed by atoms with Gasteiger partial charge in [-0.3, -0.25) is 4.57 Å². The summed E-state index contributed by atoms with van der Waals surface area (Å²) in [5.41, 5.74) is 4.55. The maximum absolute atomic E-state index is 10.6. The van der Waals surface area contributed by atoms with Crippen molar-refractivity contribution in [3.05, 3.63) is 109 Å². The lowest BCUT2D eigenvalue weighted by Gasteiger charge is -2.20. The van der Waals surface area contributed by atoms with Gasteiger partial charge in [-0.05, 0) is 47.4 Å². The molecule has 37 heavy (non-hydrogen) atoms. The predicted octanol–water partition coefficient (Wildman–Crippen LogP) is 8.04. The third kappa shape index (κ3) is 4.19. The van der Waals surface area contributed by atoms with Crippen LogP contribution in [0.3, 0.4) is 0 Å². The van der Waals surface area contributed by atoms with Crippen molar-refractivity contribution in [2.24, 2.45) is 0 Å². The van der Waals surface area contributed by atoms with E-state index in [-0.39, 0.29) is 11.2 Å². The van der Waals surface area contributed by atoms with E-state index in [2.05, 4.69) is 66.7 Å². The summed E-state index contributed by atoms with van der Waals surface area (Å²) in [5.74, 6) is 1.80. The first-order valence-electron chi connectivity index (χ1n) is 12.3. The van der Waals surface area contributed by atoms with Crippen LogP contribution in [0.15, 0.2) is 103 Å². The summed E-state index contributed by atoms with van der Waals surface area (Å²) >= 11 is 0. The van der Waals surface area contributed by atoms with E-state index in [1.54, 1.807) is 12.1 Å². The fourth-order valence-electron chi connectivity index (χ4n) is 4.69. The monoisotopic (exact) mass is 485 g/mol. The minimum atomic E-state index is -0.0479. The first kappa shape index (κ1) is 22.8. The Hall–Kier alpha value is -4.64. The van der Waals surface area contributed by atoms with Gasteiger partial charge in [0, 0.05) is 28.5 Å². The number of hydrogen-bond acceptors (Lipinski definition) is 4. The Kier molecular flexibility index (Phi) is 5.41. The van der Waals surface area contributed by atoms with Crippen LogP contribution in [0.1, 0.15) is 26.3 Å². The topological polar surface area (TPSA) is 60.2 Å². The van der Waals surface area contributed by atoms with Crippen molar-refractivity contribution in [1.29, 1.82) is 0 Å². The molecule has 0 aliphatic rings. The van der Waals surface area contributed by atoms with E-state index < -0.39 is 0 Å². The zero-order valence-electron chi connectivity index (χ0n) is 21.0. The lowest BCUT2D eigenvalue weighted by atomic mass is 9.85. The van der Waals surface area contributed by atoms with Crippen LogP contribution in [0.25, 0.3) is 38.9 Å². The van der Waals surface area contributed by atoms with Crippen LogP contribution in [0.5, 0.6) is 17.5 Å². The lowest BCUT2D eigenvalue weighted by molar-refractivity contribution is 0.444. The van der Waals surface area contributed by atoms with E-state index in [1.165, 1.54) is 10.8 Å². The van der Waals surface area contributed by atoms with Crippen LogP contribution in [0.2, 0.25) is 0 Å². The molecule has 0 bridgehead atoms. The molecule has 3 aromatic heterocycles. The maximum Gasteiger partial charge on any atom is 0.223 e. The molecule has 6 aromatic rings. The summed E-state index contributed by atoms with van der Waals surface area (Å²) in [7, 11) is 0. The zero-order chi connectivity index (χ0) is 25.6. The molecule has 3 heterocycles. The summed E-state index contributed by atoms with van der Waals surface area (Å²) in [6.45, 7) is 6.43. The molecule has 0 saturated heterocycles. The largest absolute Gasteiger partial charge is 0.507 e. The zero-order valence-corrected chi connectivity index (χ0v) is 21.0. The van der Waals surface area contributed by atoms with Crippen LogP contribution >= 0.6 is 0 Å². The van der Waals surface area contributed by atoms with Crippen LogP contribution in [-0.2, 0) is 5.41 Å². The van der Waals surface area contributed by atoms with Crippen LogP contribution in [0.4, 0.5) is 0 Å². The molecule has 0 unspecified atom stereocenters. The Balaban J connectivity index is 1.38. The average Bonchev–Trinajstić information content (AvgIpc) is 3.23. The van der Waals surface area contributed by atoms with E-state index >= 15 is 0 Å². The first-order valence-corrected chi connectivity index (χ1v) is 12.3. The number of aromatic hydroxyl groups is 1. The van der Waals surface area contributed by atoms with Gasteiger partial charge in [-0.2, -0.15) is 4.98 Å². The minimum absolute atomic E-state index is 0.0479. The van der Waals surface area contributed by atoms with Crippen molar-refractivity contribution in [3.8, 4) is 34.6 Å². The maximum atomic E-state index is 10.6. The number of phenolic OH excluding ortho intramolecular Hbond substituents is 1. The molecule has 0 spiro atoms. The molecule has 1 N–H and O–H groups in total. The average molecular weight is 486 g/mol. The highest BCUT2D eigenvalue weighted by molar-refractivity contribution is 6.09. The van der Waals surface area contributed by atoms with Gasteiger partial charge in [0.1, 0.15) is 11.6 Å². The molecular weight excluding hydrogens is 458 g/mol. The summed E-state index contributed by atoms with van der Waals surface area (Å²) < 4.78 is 8.27. The van der Waals surface area contributed by atoms with Crippen LogP contribution in [0, 0.1) is 0 Å². The second-order valence-corrected chi connectivity index (χ2v) is 10.1. The Morgan fingerprint density at radius 3 is 1.97 bits per heavy atom. The molecule has 5 heteroatoms. The third-order valence-electron chi connectivity index (χ3n) is 6.59. The second-order valence-electron chi connectivity index (χ2n) is 10.1. The number of phenols is 1. The first-order chi connectivity index (χ1) is 17.9. The molecule has 0 aliphatic carbocycles. The molecule has 182 valence electrons. The number of pyridine rings is 2. The number of benzene rings is 3. The molecule has 0 saturated carbocycles. The fraction of sp³-hybridized carbons (Fsp3) is 0.125. The predicted molar refractivity (Wildman–Crippen MR) is 149 cm³/mol. The number of aromatic nitrogens is 3. The summed E-state index contributed by atoms with van der Waals surface area (Å²) in [6.07, 6.45) is 0. The van der Waals surface area contributed by atoms with Crippen molar-refractivity contribution in [1.82, 2.24) is 14.5 Å². The molecular formula is C32H27N3O2. The number of fused-ring (bicyclic) bond motifs is 3. The molecule has 0 amide bonds. The highest BCUT2D eigenvalue weighted by Gasteiger charge is 2.17. The second kappa shape index (κ2) is 8.79. The van der Waals surface area contributed by atoms with Crippen molar-refractivity contribution >= 4 is 21.8 Å². The van der Waals surface area contributed by atoms with Crippen molar-refractivity contribution in [2.45, 2.75) is 26.2 Å². The minimum Gasteiger partial charge on any atom is -0.507 e. The normalized spacial score (nSPS) is 11.8. The molecule has 0 atom stereocenters. The van der Waals surface area contributed by atoms with Gasteiger partial charge in [0.05, 0.1) is 16.7 Å². The standard InChI is InChI=1S/C32H27N3O2/c1-32(2,3)21-18-19-28(36)24(20-21)25-12-8-16-30(33-25)37-31-17-9-15-29(34-31)35-26-13-6-4-10-22(26)23-11-5-7-14-27(23)35/h4-20,36H,1-3H3. The Morgan fingerprint density at radius 2 is 1.30 bits per heavy atom. The van der Waals surface area contributed by atoms with Crippen LogP contribution < -0.4 is 4.74 Å². The Labute approximate surface area is 215 Å². The summed E-state index contributed by atoms with van der Waals surface area (Å²) in [6, 6.07) is 33.6. The smallest absolute Gasteiger partial charge is 0.223 e. The van der Waals surface area contributed by atoms with Gasteiger partial charge in [0.25, 0.3) is 0 Å². The Bertz CT molecular complexity index is 1710. The van der Waals surface area contributed by atoms with Crippen molar-refractivity contribution in [2.75, 3.05) is 0 Å². The van der Waals surface area contributed by atoms with E-state index in [9.17, 15) is 5.11 Å². The quantitative estimate of drug-likeness (QED) is 0.274. The van der Waals surface area contributed by atoms with E-state index in [1.807, 2.05) is 54.6 Å². The molecule has 3 aromatic carbocycles. The highest BCUT2D eigenvalue weighted by Crippen LogP contribution is 2.35. The number of ether oxygens (including phenoxy) is 1. The van der Waals surface area contributed by atoms with Crippen LogP contribution in [-0.4, -0.2) is 19.6 Å². The van der Waals surface area contributed by atoms with E-state index in [4.69, 9.17) is 9.72 Å². The van der Waals surface area contributed by atoms with E-state index in [0.717, 1.165) is 22.4 Å². The SMILES string of the molecule is CC(C)(C)c1ccc(O)c(-c2cccc(Oc3cccc(-n4c5ccccc5c5ccccc54)n3)n2)c1.